The monoisotopic (exact) mass is 460 g/mol. The van der Waals surface area contributed by atoms with Crippen molar-refractivity contribution in [3.8, 4) is 11.6 Å². The van der Waals surface area contributed by atoms with E-state index in [4.69, 9.17) is 4.74 Å². The number of methoxy groups -OCH3 is 1. The van der Waals surface area contributed by atoms with Crippen LogP contribution in [0.1, 0.15) is 47.8 Å². The largest absolute Gasteiger partial charge is 0.497 e. The third kappa shape index (κ3) is 3.80. The number of aromatic hydroxyl groups is 1. The predicted molar refractivity (Wildman–Crippen MR) is 131 cm³/mol. The molecular weight excluding hydrogens is 432 g/mol. The van der Waals surface area contributed by atoms with Crippen LogP contribution in [0.3, 0.4) is 0 Å². The summed E-state index contributed by atoms with van der Waals surface area (Å²) in [4.78, 5) is 31.5. The molecule has 0 radical (unpaired) electrons. The van der Waals surface area contributed by atoms with E-state index in [1.54, 1.807) is 7.11 Å². The maximum Gasteiger partial charge on any atom is 0.331 e. The molecule has 4 aromatic rings. The number of rotatable bonds is 6. The van der Waals surface area contributed by atoms with E-state index in [1.807, 2.05) is 55.5 Å². The van der Waals surface area contributed by atoms with E-state index in [9.17, 15) is 14.7 Å². The molecule has 0 aliphatic carbocycles. The smallest absolute Gasteiger partial charge is 0.331 e. The Morgan fingerprint density at radius 2 is 1.94 bits per heavy atom. The number of hydrogen-bond donors (Lipinski definition) is 4. The van der Waals surface area contributed by atoms with Crippen LogP contribution in [0.4, 0.5) is 0 Å². The maximum atomic E-state index is 12.9. The summed E-state index contributed by atoms with van der Waals surface area (Å²) in [6, 6.07) is 14.9. The van der Waals surface area contributed by atoms with Crippen molar-refractivity contribution in [2.75, 3.05) is 13.7 Å². The molecule has 1 aliphatic heterocycles. The van der Waals surface area contributed by atoms with Gasteiger partial charge in [0.1, 0.15) is 11.3 Å². The first-order chi connectivity index (χ1) is 16.5. The van der Waals surface area contributed by atoms with Gasteiger partial charge < -0.3 is 20.1 Å². The first kappa shape index (κ1) is 22.0. The molecule has 8 nitrogen and oxygen atoms in total. The van der Waals surface area contributed by atoms with Gasteiger partial charge in [0.05, 0.1) is 13.2 Å². The standard InChI is InChI=1S/C26H28N4O4/c1-15(8-9-16-6-4-3-5-7-16)30-25(32)21(24(31)29-26(30)33)23-22-18(12-13-27-23)19-14-17(34-2)10-11-20(19)28-22/h3-7,10-11,14-15,23,27-28,32H,8-9,12-13H2,1-2H3,(H,29,31,33)/t15-,23+/m1/s1. The first-order valence-electron chi connectivity index (χ1n) is 11.5. The Kier molecular flexibility index (Phi) is 5.75. The second-order valence-corrected chi connectivity index (χ2v) is 8.81. The maximum absolute atomic E-state index is 12.9. The minimum Gasteiger partial charge on any atom is -0.497 e. The molecular formula is C26H28N4O4. The van der Waals surface area contributed by atoms with Gasteiger partial charge >= 0.3 is 5.69 Å². The SMILES string of the molecule is COc1ccc2[nH]c3c(c2c1)CCN[C@H]3c1c(O)n([C@H](C)CCc2ccccc2)c(=O)[nH]c1=O. The van der Waals surface area contributed by atoms with Gasteiger partial charge in [-0.1, -0.05) is 30.3 Å². The second kappa shape index (κ2) is 8.87. The highest BCUT2D eigenvalue weighted by molar-refractivity contribution is 5.86. The molecule has 2 atom stereocenters. The quantitative estimate of drug-likeness (QED) is 0.353. The van der Waals surface area contributed by atoms with Crippen LogP contribution in [-0.2, 0) is 12.8 Å². The molecule has 0 amide bonds. The molecule has 2 aromatic heterocycles. The van der Waals surface area contributed by atoms with E-state index >= 15 is 0 Å². The number of benzene rings is 2. The Labute approximate surface area is 196 Å². The van der Waals surface area contributed by atoms with Gasteiger partial charge in [-0.25, -0.2) is 4.79 Å². The molecule has 0 fully saturated rings. The molecule has 0 saturated carbocycles. The highest BCUT2D eigenvalue weighted by atomic mass is 16.5. The number of aromatic nitrogens is 3. The van der Waals surface area contributed by atoms with Crippen molar-refractivity contribution in [1.29, 1.82) is 0 Å². The highest BCUT2D eigenvalue weighted by Gasteiger charge is 2.31. The fourth-order valence-corrected chi connectivity index (χ4v) is 4.95. The zero-order valence-electron chi connectivity index (χ0n) is 19.2. The minimum absolute atomic E-state index is 0.144. The van der Waals surface area contributed by atoms with Crippen LogP contribution in [-0.4, -0.2) is 33.3 Å². The molecule has 0 unspecified atom stereocenters. The summed E-state index contributed by atoms with van der Waals surface area (Å²) >= 11 is 0. The summed E-state index contributed by atoms with van der Waals surface area (Å²) < 4.78 is 6.67. The Morgan fingerprint density at radius 1 is 1.15 bits per heavy atom. The molecule has 4 N–H and O–H groups in total. The van der Waals surface area contributed by atoms with Gasteiger partial charge in [0.2, 0.25) is 5.88 Å². The van der Waals surface area contributed by atoms with Crippen LogP contribution < -0.4 is 21.3 Å². The van der Waals surface area contributed by atoms with E-state index in [0.717, 1.165) is 46.3 Å². The number of nitrogens with zero attached hydrogens (tertiary/aromatic N) is 1. The van der Waals surface area contributed by atoms with Crippen LogP contribution in [0.2, 0.25) is 0 Å². The number of fused-ring (bicyclic) bond motifs is 3. The van der Waals surface area contributed by atoms with Gasteiger partial charge in [0.15, 0.2) is 0 Å². The van der Waals surface area contributed by atoms with Crippen LogP contribution in [0, 0.1) is 0 Å². The van der Waals surface area contributed by atoms with E-state index < -0.39 is 17.3 Å². The molecule has 5 rings (SSSR count). The van der Waals surface area contributed by atoms with Crippen LogP contribution in [0.25, 0.3) is 10.9 Å². The molecule has 1 aliphatic rings. The average molecular weight is 461 g/mol. The Morgan fingerprint density at radius 3 is 2.71 bits per heavy atom. The Balaban J connectivity index is 1.55. The third-order valence-electron chi connectivity index (χ3n) is 6.73. The molecule has 2 aromatic carbocycles. The van der Waals surface area contributed by atoms with Crippen molar-refractivity contribution in [3.05, 3.63) is 91.8 Å². The minimum atomic E-state index is -0.607. The van der Waals surface area contributed by atoms with Gasteiger partial charge in [0.25, 0.3) is 5.56 Å². The van der Waals surface area contributed by atoms with Gasteiger partial charge in [-0.2, -0.15) is 0 Å². The van der Waals surface area contributed by atoms with Gasteiger partial charge in [-0.05, 0) is 55.5 Å². The Bertz CT molecular complexity index is 1450. The summed E-state index contributed by atoms with van der Waals surface area (Å²) in [7, 11) is 1.63. The first-order valence-corrected chi connectivity index (χ1v) is 11.5. The van der Waals surface area contributed by atoms with Crippen LogP contribution >= 0.6 is 0 Å². The lowest BCUT2D eigenvalue weighted by atomic mass is 9.95. The van der Waals surface area contributed by atoms with E-state index in [2.05, 4.69) is 15.3 Å². The van der Waals surface area contributed by atoms with E-state index in [1.165, 1.54) is 4.57 Å². The topological polar surface area (TPSA) is 112 Å². The molecule has 0 saturated heterocycles. The summed E-state index contributed by atoms with van der Waals surface area (Å²) in [6.45, 7) is 2.50. The van der Waals surface area contributed by atoms with Gasteiger partial charge in [-0.3, -0.25) is 14.3 Å². The molecule has 0 spiro atoms. The van der Waals surface area contributed by atoms with Crippen LogP contribution in [0.5, 0.6) is 11.6 Å². The van der Waals surface area contributed by atoms with Crippen molar-refractivity contribution in [2.24, 2.45) is 0 Å². The number of aryl methyl sites for hydroxylation is 1. The molecule has 3 heterocycles. The fraction of sp³-hybridized carbons (Fsp3) is 0.308. The number of H-pyrrole nitrogens is 2. The summed E-state index contributed by atoms with van der Waals surface area (Å²) in [6.07, 6.45) is 2.15. The molecule has 8 heteroatoms. The fourth-order valence-electron chi connectivity index (χ4n) is 4.95. The summed E-state index contributed by atoms with van der Waals surface area (Å²) in [5.41, 5.74) is 2.92. The number of hydrogen-bond acceptors (Lipinski definition) is 5. The zero-order chi connectivity index (χ0) is 23.8. The van der Waals surface area contributed by atoms with E-state index in [0.29, 0.717) is 13.0 Å². The van der Waals surface area contributed by atoms with Crippen molar-refractivity contribution in [1.82, 2.24) is 19.9 Å². The predicted octanol–water partition coefficient (Wildman–Crippen LogP) is 3.16. The van der Waals surface area contributed by atoms with Crippen LogP contribution in [0.15, 0.2) is 58.1 Å². The lowest BCUT2D eigenvalue weighted by molar-refractivity contribution is 0.349. The summed E-state index contributed by atoms with van der Waals surface area (Å²) in [5.74, 6) is 0.460. The lowest BCUT2D eigenvalue weighted by Gasteiger charge is -2.26. The number of ether oxygens (including phenoxy) is 1. The van der Waals surface area contributed by atoms with Crippen molar-refractivity contribution in [2.45, 2.75) is 38.3 Å². The zero-order valence-corrected chi connectivity index (χ0v) is 19.2. The highest BCUT2D eigenvalue weighted by Crippen LogP contribution is 2.36. The number of nitrogens with one attached hydrogen (secondary N) is 3. The van der Waals surface area contributed by atoms with Crippen molar-refractivity contribution in [3.63, 3.8) is 0 Å². The third-order valence-corrected chi connectivity index (χ3v) is 6.73. The second-order valence-electron chi connectivity index (χ2n) is 8.81. The number of aromatic amines is 2. The Hall–Kier alpha value is -3.78. The van der Waals surface area contributed by atoms with E-state index in [-0.39, 0.29) is 17.5 Å². The summed E-state index contributed by atoms with van der Waals surface area (Å²) in [5, 5.41) is 15.6. The van der Waals surface area contributed by atoms with Crippen molar-refractivity contribution >= 4 is 10.9 Å². The normalized spacial score (nSPS) is 16.4. The average Bonchev–Trinajstić information content (AvgIpc) is 3.21. The van der Waals surface area contributed by atoms with Crippen molar-refractivity contribution < 1.29 is 9.84 Å². The molecule has 0 bridgehead atoms. The van der Waals surface area contributed by atoms with Gasteiger partial charge in [0, 0.05) is 29.2 Å². The molecule has 176 valence electrons. The van der Waals surface area contributed by atoms with Gasteiger partial charge in [-0.15, -0.1) is 0 Å². The molecule has 34 heavy (non-hydrogen) atoms. The lowest BCUT2D eigenvalue weighted by Crippen LogP contribution is -2.39.